The summed E-state index contributed by atoms with van der Waals surface area (Å²) in [4.78, 5) is 18.7. The third kappa shape index (κ3) is 3.24. The van der Waals surface area contributed by atoms with Gasteiger partial charge < -0.3 is 5.32 Å². The maximum Gasteiger partial charge on any atom is 0.307 e. The van der Waals surface area contributed by atoms with Crippen LogP contribution in [0.5, 0.6) is 0 Å². The lowest BCUT2D eigenvalue weighted by atomic mass is 10.4. The molecule has 1 N–H and O–H groups in total. The van der Waals surface area contributed by atoms with Crippen LogP contribution in [0.15, 0.2) is 18.5 Å². The molecule has 19 heavy (non-hydrogen) atoms. The molecule has 0 fully saturated rings. The molecule has 0 spiro atoms. The lowest BCUT2D eigenvalue weighted by Gasteiger charge is -2.06. The Morgan fingerprint density at radius 2 is 2.26 bits per heavy atom. The topological polar surface area (TPSA) is 98.8 Å². The molecule has 0 aliphatic rings. The predicted molar refractivity (Wildman–Crippen MR) is 68.9 cm³/mol. The minimum absolute atomic E-state index is 0.0421. The molecular weight excluding hydrogens is 248 g/mol. The highest BCUT2D eigenvalue weighted by Gasteiger charge is 2.10. The van der Waals surface area contributed by atoms with Gasteiger partial charge in [-0.15, -0.1) is 0 Å². The van der Waals surface area contributed by atoms with Crippen LogP contribution >= 0.6 is 0 Å². The highest BCUT2D eigenvalue weighted by atomic mass is 16.6. The van der Waals surface area contributed by atoms with E-state index in [0.717, 1.165) is 18.1 Å². The van der Waals surface area contributed by atoms with Crippen LogP contribution in [0.1, 0.15) is 18.4 Å². The van der Waals surface area contributed by atoms with Crippen molar-refractivity contribution in [3.8, 4) is 0 Å². The molecule has 2 aromatic heterocycles. The number of hydrogen-bond donors (Lipinski definition) is 1. The zero-order chi connectivity index (χ0) is 13.8. The molecule has 0 saturated carbocycles. The Bertz CT molecular complexity index is 595. The molecule has 0 bridgehead atoms. The molecule has 0 amide bonds. The van der Waals surface area contributed by atoms with Gasteiger partial charge in [-0.25, -0.2) is 9.97 Å². The van der Waals surface area contributed by atoms with Crippen molar-refractivity contribution in [2.24, 2.45) is 0 Å². The van der Waals surface area contributed by atoms with Gasteiger partial charge in [-0.3, -0.25) is 14.8 Å². The lowest BCUT2D eigenvalue weighted by molar-refractivity contribution is -0.385. The van der Waals surface area contributed by atoms with Crippen molar-refractivity contribution in [1.82, 2.24) is 19.7 Å². The summed E-state index contributed by atoms with van der Waals surface area (Å²) in [7, 11) is 0. The van der Waals surface area contributed by atoms with Crippen molar-refractivity contribution in [2.75, 3.05) is 11.9 Å². The fourth-order valence-corrected chi connectivity index (χ4v) is 1.65. The van der Waals surface area contributed by atoms with E-state index in [2.05, 4.69) is 20.4 Å². The zero-order valence-corrected chi connectivity index (χ0v) is 10.7. The van der Waals surface area contributed by atoms with Gasteiger partial charge >= 0.3 is 5.69 Å². The second-order valence-corrected chi connectivity index (χ2v) is 3.99. The van der Waals surface area contributed by atoms with E-state index in [1.54, 1.807) is 0 Å². The van der Waals surface area contributed by atoms with Crippen molar-refractivity contribution in [3.63, 3.8) is 0 Å². The summed E-state index contributed by atoms with van der Waals surface area (Å²) in [6.07, 6.45) is 2.57. The highest BCUT2D eigenvalue weighted by molar-refractivity contribution is 5.35. The molecule has 8 heteroatoms. The van der Waals surface area contributed by atoms with Crippen molar-refractivity contribution in [1.29, 1.82) is 0 Å². The SMILES string of the molecule is CCNc1cc(C)nc(Cn2cc([N+](=O)[O-])cn2)n1. The van der Waals surface area contributed by atoms with Crippen molar-refractivity contribution in [3.05, 3.63) is 40.1 Å². The largest absolute Gasteiger partial charge is 0.370 e. The number of nitro groups is 1. The number of nitrogens with zero attached hydrogens (tertiary/aromatic N) is 5. The van der Waals surface area contributed by atoms with Gasteiger partial charge in [-0.1, -0.05) is 0 Å². The smallest absolute Gasteiger partial charge is 0.307 e. The fraction of sp³-hybridized carbons (Fsp3) is 0.364. The Kier molecular flexibility index (Phi) is 3.69. The first kappa shape index (κ1) is 12.9. The Morgan fingerprint density at radius 1 is 1.47 bits per heavy atom. The number of nitrogens with one attached hydrogen (secondary N) is 1. The number of aromatic nitrogens is 4. The van der Waals surface area contributed by atoms with Crippen molar-refractivity contribution in [2.45, 2.75) is 20.4 Å². The summed E-state index contributed by atoms with van der Waals surface area (Å²) >= 11 is 0. The highest BCUT2D eigenvalue weighted by Crippen LogP contribution is 2.10. The molecule has 2 aromatic rings. The minimum atomic E-state index is -0.481. The fourth-order valence-electron chi connectivity index (χ4n) is 1.65. The van der Waals surface area contributed by atoms with Gasteiger partial charge in [0.05, 0.1) is 4.92 Å². The summed E-state index contributed by atoms with van der Waals surface area (Å²) in [5.74, 6) is 1.31. The maximum atomic E-state index is 10.6. The van der Waals surface area contributed by atoms with Crippen molar-refractivity contribution >= 4 is 11.5 Å². The molecule has 100 valence electrons. The van der Waals surface area contributed by atoms with Crippen LogP contribution < -0.4 is 5.32 Å². The van der Waals surface area contributed by atoms with Crippen molar-refractivity contribution < 1.29 is 4.92 Å². The Hall–Kier alpha value is -2.51. The Balaban J connectivity index is 2.19. The van der Waals surface area contributed by atoms with Crippen LogP contribution in [0.25, 0.3) is 0 Å². The van der Waals surface area contributed by atoms with Gasteiger partial charge in [0.2, 0.25) is 0 Å². The van der Waals surface area contributed by atoms with Crippen LogP contribution in [-0.2, 0) is 6.54 Å². The summed E-state index contributed by atoms with van der Waals surface area (Å²) in [5, 5.41) is 17.6. The van der Waals surface area contributed by atoms with Gasteiger partial charge in [0.1, 0.15) is 24.8 Å². The molecular formula is C11H14N6O2. The molecule has 2 heterocycles. The number of anilines is 1. The van der Waals surface area contributed by atoms with E-state index in [1.165, 1.54) is 17.1 Å². The Morgan fingerprint density at radius 3 is 2.89 bits per heavy atom. The molecule has 0 radical (unpaired) electrons. The van der Waals surface area contributed by atoms with Crippen LogP contribution in [0, 0.1) is 17.0 Å². The van der Waals surface area contributed by atoms with Gasteiger partial charge in [0.15, 0.2) is 5.82 Å². The van der Waals surface area contributed by atoms with Crippen LogP contribution in [-0.4, -0.2) is 31.2 Å². The molecule has 0 atom stereocenters. The average molecular weight is 262 g/mol. The van der Waals surface area contributed by atoms with Gasteiger partial charge in [-0.2, -0.15) is 5.10 Å². The van der Waals surface area contributed by atoms with Crippen LogP contribution in [0.3, 0.4) is 0 Å². The lowest BCUT2D eigenvalue weighted by Crippen LogP contribution is -2.09. The Labute approximate surface area is 109 Å². The molecule has 8 nitrogen and oxygen atoms in total. The van der Waals surface area contributed by atoms with Gasteiger partial charge in [0.25, 0.3) is 0 Å². The second kappa shape index (κ2) is 5.42. The summed E-state index contributed by atoms with van der Waals surface area (Å²) in [5.41, 5.74) is 0.794. The van der Waals surface area contributed by atoms with E-state index in [0.29, 0.717) is 12.4 Å². The molecule has 2 rings (SSSR count). The first-order valence-electron chi connectivity index (χ1n) is 5.83. The summed E-state index contributed by atoms with van der Waals surface area (Å²) < 4.78 is 1.45. The van der Waals surface area contributed by atoms with E-state index in [-0.39, 0.29) is 5.69 Å². The molecule has 0 aliphatic heterocycles. The molecule has 0 aromatic carbocycles. The van der Waals surface area contributed by atoms with Gasteiger partial charge in [-0.05, 0) is 13.8 Å². The molecule has 0 unspecified atom stereocenters. The predicted octanol–water partition coefficient (Wildman–Crippen LogP) is 1.37. The van der Waals surface area contributed by atoms with E-state index in [4.69, 9.17) is 0 Å². The van der Waals surface area contributed by atoms with E-state index < -0.39 is 4.92 Å². The maximum absolute atomic E-state index is 10.6. The first-order valence-corrected chi connectivity index (χ1v) is 5.83. The molecule has 0 aliphatic carbocycles. The van der Waals surface area contributed by atoms with Gasteiger partial charge in [0, 0.05) is 18.3 Å². The normalized spacial score (nSPS) is 10.4. The number of rotatable bonds is 5. The summed E-state index contributed by atoms with van der Waals surface area (Å²) in [6, 6.07) is 1.85. The number of aryl methyl sites for hydroxylation is 1. The standard InChI is InChI=1S/C11H14N6O2/c1-3-12-10-4-8(2)14-11(15-10)7-16-6-9(5-13-16)17(18)19/h4-6H,3,7H2,1-2H3,(H,12,14,15). The number of hydrogen-bond acceptors (Lipinski definition) is 6. The zero-order valence-electron chi connectivity index (χ0n) is 10.7. The third-order valence-electron chi connectivity index (χ3n) is 2.39. The first-order chi connectivity index (χ1) is 9.08. The van der Waals surface area contributed by atoms with Crippen LogP contribution in [0.2, 0.25) is 0 Å². The van der Waals surface area contributed by atoms with E-state index >= 15 is 0 Å². The van der Waals surface area contributed by atoms with Crippen LogP contribution in [0.4, 0.5) is 11.5 Å². The second-order valence-electron chi connectivity index (χ2n) is 3.99. The van der Waals surface area contributed by atoms with E-state index in [1.807, 2.05) is 19.9 Å². The average Bonchev–Trinajstić information content (AvgIpc) is 2.77. The summed E-state index contributed by atoms with van der Waals surface area (Å²) in [6.45, 7) is 4.92. The monoisotopic (exact) mass is 262 g/mol. The van der Waals surface area contributed by atoms with E-state index in [9.17, 15) is 10.1 Å². The minimum Gasteiger partial charge on any atom is -0.370 e. The third-order valence-corrected chi connectivity index (χ3v) is 2.39. The molecule has 0 saturated heterocycles. The quantitative estimate of drug-likeness (QED) is 0.645.